The Hall–Kier alpha value is -2.38. The van der Waals surface area contributed by atoms with Crippen LogP contribution in [0.3, 0.4) is 0 Å². The third-order valence-electron chi connectivity index (χ3n) is 6.43. The molecule has 4 rings (SSSR count). The quantitative estimate of drug-likeness (QED) is 0.755. The van der Waals surface area contributed by atoms with Crippen LogP contribution in [0, 0.1) is 0 Å². The van der Waals surface area contributed by atoms with Crippen LogP contribution < -0.4 is 4.74 Å². The summed E-state index contributed by atoms with van der Waals surface area (Å²) in [6.45, 7) is 4.09. The number of rotatable bonds is 3. The molecule has 1 aromatic heterocycles. The molecule has 2 aromatic rings. The van der Waals surface area contributed by atoms with Crippen molar-refractivity contribution >= 4 is 5.91 Å². The monoisotopic (exact) mass is 426 g/mol. The average Bonchev–Trinajstić information content (AvgIpc) is 3.20. The highest BCUT2D eigenvalue weighted by molar-refractivity contribution is 5.95. The van der Waals surface area contributed by atoms with E-state index in [1.165, 1.54) is 5.56 Å². The number of fused-ring (bicyclic) bond motifs is 3. The number of carbonyl (C=O) groups is 1. The first-order chi connectivity index (χ1) is 15.1. The number of nitrogens with zero attached hydrogens (tertiary/aromatic N) is 4. The van der Waals surface area contributed by atoms with E-state index in [9.17, 15) is 4.79 Å². The van der Waals surface area contributed by atoms with E-state index < -0.39 is 0 Å². The highest BCUT2D eigenvalue weighted by Gasteiger charge is 2.34. The Bertz CT molecular complexity index is 868. The van der Waals surface area contributed by atoms with Crippen molar-refractivity contribution in [2.45, 2.75) is 50.8 Å². The van der Waals surface area contributed by atoms with Gasteiger partial charge in [-0.05, 0) is 50.4 Å². The molecule has 168 valence electrons. The molecule has 0 radical (unpaired) electrons. The maximum Gasteiger partial charge on any atom is 0.254 e. The molecule has 0 saturated carbocycles. The van der Waals surface area contributed by atoms with Gasteiger partial charge in [0.25, 0.3) is 5.91 Å². The molecule has 2 aliphatic heterocycles. The maximum atomic E-state index is 13.3. The smallest absolute Gasteiger partial charge is 0.254 e. The van der Waals surface area contributed by atoms with Crippen LogP contribution in [0.25, 0.3) is 0 Å². The molecular formula is C24H34N4O3. The molecule has 2 aliphatic rings. The van der Waals surface area contributed by atoms with Crippen LogP contribution in [-0.4, -0.2) is 71.0 Å². The second-order valence-electron chi connectivity index (χ2n) is 8.65. The normalized spacial score (nSPS) is 23.7. The predicted molar refractivity (Wildman–Crippen MR) is 119 cm³/mol. The number of piperidine rings is 1. The minimum Gasteiger partial charge on any atom is -0.492 e. The zero-order chi connectivity index (χ0) is 21.6. The third kappa shape index (κ3) is 5.46. The summed E-state index contributed by atoms with van der Waals surface area (Å²) in [6.07, 6.45) is 9.24. The van der Waals surface area contributed by atoms with Crippen molar-refractivity contribution < 1.29 is 14.3 Å². The van der Waals surface area contributed by atoms with Gasteiger partial charge in [0.2, 0.25) is 0 Å². The summed E-state index contributed by atoms with van der Waals surface area (Å²) in [5.41, 5.74) is 1.91. The fraction of sp³-hybridized carbons (Fsp3) is 0.583. The molecule has 0 spiro atoms. The van der Waals surface area contributed by atoms with Crippen molar-refractivity contribution in [1.82, 2.24) is 19.6 Å². The molecule has 3 heterocycles. The van der Waals surface area contributed by atoms with E-state index in [4.69, 9.17) is 9.47 Å². The van der Waals surface area contributed by atoms with Gasteiger partial charge in [-0.1, -0.05) is 12.5 Å². The fourth-order valence-corrected chi connectivity index (χ4v) is 4.84. The van der Waals surface area contributed by atoms with Gasteiger partial charge in [0.05, 0.1) is 18.3 Å². The second-order valence-corrected chi connectivity index (χ2v) is 8.65. The van der Waals surface area contributed by atoms with Crippen molar-refractivity contribution in [3.05, 3.63) is 47.8 Å². The van der Waals surface area contributed by atoms with Crippen LogP contribution >= 0.6 is 0 Å². The van der Waals surface area contributed by atoms with E-state index in [1.54, 1.807) is 7.11 Å². The fourth-order valence-electron chi connectivity index (χ4n) is 4.84. The van der Waals surface area contributed by atoms with E-state index in [1.807, 2.05) is 47.1 Å². The van der Waals surface area contributed by atoms with Gasteiger partial charge in [-0.15, -0.1) is 0 Å². The Labute approximate surface area is 184 Å². The largest absolute Gasteiger partial charge is 0.492 e. The molecule has 2 atom stereocenters. The van der Waals surface area contributed by atoms with E-state index in [0.717, 1.165) is 64.0 Å². The molecular weight excluding hydrogens is 392 g/mol. The molecule has 0 N–H and O–H groups in total. The summed E-state index contributed by atoms with van der Waals surface area (Å²) in [7, 11) is 3.72. The number of ether oxygens (including phenoxy) is 2. The number of aromatic nitrogens is 2. The summed E-state index contributed by atoms with van der Waals surface area (Å²) in [6, 6.07) is 7.75. The minimum absolute atomic E-state index is 0.0902. The molecule has 7 heteroatoms. The lowest BCUT2D eigenvalue weighted by atomic mass is 9.93. The molecule has 7 nitrogen and oxygen atoms in total. The van der Waals surface area contributed by atoms with Gasteiger partial charge in [0.1, 0.15) is 12.4 Å². The zero-order valence-electron chi connectivity index (χ0n) is 18.7. The number of methoxy groups -OCH3 is 1. The minimum atomic E-state index is 0.0902. The molecule has 1 amide bonds. The van der Waals surface area contributed by atoms with Gasteiger partial charge in [-0.3, -0.25) is 14.4 Å². The lowest BCUT2D eigenvalue weighted by Gasteiger charge is -2.41. The van der Waals surface area contributed by atoms with Crippen LogP contribution in [0.1, 0.15) is 48.0 Å². The van der Waals surface area contributed by atoms with Crippen LogP contribution in [0.5, 0.6) is 5.75 Å². The van der Waals surface area contributed by atoms with Gasteiger partial charge in [0.15, 0.2) is 0 Å². The summed E-state index contributed by atoms with van der Waals surface area (Å²) in [4.78, 5) is 17.8. The van der Waals surface area contributed by atoms with Gasteiger partial charge >= 0.3 is 0 Å². The lowest BCUT2D eigenvalue weighted by molar-refractivity contribution is -0.0156. The first-order valence-corrected chi connectivity index (χ1v) is 11.4. The Morgan fingerprint density at radius 3 is 2.87 bits per heavy atom. The van der Waals surface area contributed by atoms with Gasteiger partial charge < -0.3 is 14.4 Å². The Kier molecular flexibility index (Phi) is 7.25. The summed E-state index contributed by atoms with van der Waals surface area (Å²) in [5, 5.41) is 4.30. The maximum absolute atomic E-state index is 13.3. The average molecular weight is 427 g/mol. The number of aryl methyl sites for hydroxylation is 1. The molecule has 31 heavy (non-hydrogen) atoms. The molecule has 1 aromatic carbocycles. The lowest BCUT2D eigenvalue weighted by Crippen LogP contribution is -2.51. The van der Waals surface area contributed by atoms with Crippen molar-refractivity contribution in [3.8, 4) is 5.75 Å². The van der Waals surface area contributed by atoms with E-state index in [2.05, 4.69) is 16.2 Å². The summed E-state index contributed by atoms with van der Waals surface area (Å²) in [5.74, 6) is 0.841. The van der Waals surface area contributed by atoms with Gasteiger partial charge in [-0.25, -0.2) is 0 Å². The zero-order valence-corrected chi connectivity index (χ0v) is 18.7. The second kappa shape index (κ2) is 10.3. The van der Waals surface area contributed by atoms with Crippen LogP contribution in [-0.2, 0) is 18.3 Å². The van der Waals surface area contributed by atoms with Crippen LogP contribution in [0.4, 0.5) is 0 Å². The van der Waals surface area contributed by atoms with Crippen molar-refractivity contribution in [3.63, 3.8) is 0 Å². The number of hydrogen-bond acceptors (Lipinski definition) is 5. The Balaban J connectivity index is 1.53. The third-order valence-corrected chi connectivity index (χ3v) is 6.43. The van der Waals surface area contributed by atoms with Crippen molar-refractivity contribution in [1.29, 1.82) is 0 Å². The highest BCUT2D eigenvalue weighted by atomic mass is 16.5. The van der Waals surface area contributed by atoms with Crippen LogP contribution in [0.2, 0.25) is 0 Å². The molecule has 0 aliphatic carbocycles. The molecule has 1 fully saturated rings. The predicted octanol–water partition coefficient (Wildman–Crippen LogP) is 3.10. The standard InChI is InChI=1S/C24H34N4O3/c1-26-17-19(16-25-26)18-27-11-4-3-9-22-23(30-2)10-6-12-28(22)24(29)20-7-5-8-21(15-20)31-14-13-27/h5,7-8,15-17,22-23H,3-4,6,9-14,18H2,1-2H3/t22-,23-/m1/s1. The van der Waals surface area contributed by atoms with Crippen molar-refractivity contribution in [2.24, 2.45) is 7.05 Å². The molecule has 2 bridgehead atoms. The Morgan fingerprint density at radius 1 is 1.16 bits per heavy atom. The van der Waals surface area contributed by atoms with Crippen molar-refractivity contribution in [2.75, 3.05) is 33.4 Å². The summed E-state index contributed by atoms with van der Waals surface area (Å²) < 4.78 is 13.7. The highest BCUT2D eigenvalue weighted by Crippen LogP contribution is 2.27. The van der Waals surface area contributed by atoms with Crippen LogP contribution in [0.15, 0.2) is 36.7 Å². The summed E-state index contributed by atoms with van der Waals surface area (Å²) >= 11 is 0. The molecule has 1 saturated heterocycles. The number of benzene rings is 1. The number of carbonyl (C=O) groups excluding carboxylic acids is 1. The Morgan fingerprint density at radius 2 is 2.06 bits per heavy atom. The van der Waals surface area contributed by atoms with Gasteiger partial charge in [0, 0.05) is 51.1 Å². The van der Waals surface area contributed by atoms with Gasteiger partial charge in [-0.2, -0.15) is 5.10 Å². The first-order valence-electron chi connectivity index (χ1n) is 11.4. The van der Waals surface area contributed by atoms with E-state index in [0.29, 0.717) is 12.2 Å². The number of hydrogen-bond donors (Lipinski definition) is 0. The number of amides is 1. The topological polar surface area (TPSA) is 59.8 Å². The van der Waals surface area contributed by atoms with E-state index >= 15 is 0 Å². The first kappa shape index (κ1) is 21.8. The SMILES string of the molecule is CO[C@@H]1CCCN2C(=O)c3cccc(c3)OCCN(Cc3cnn(C)c3)CCCC[C@H]12. The molecule has 0 unspecified atom stereocenters. The van der Waals surface area contributed by atoms with E-state index in [-0.39, 0.29) is 18.1 Å².